The maximum atomic E-state index is 3.96. The van der Waals surface area contributed by atoms with Crippen molar-refractivity contribution in [3.05, 3.63) is 121 Å². The van der Waals surface area contributed by atoms with Gasteiger partial charge in [-0.3, -0.25) is 0 Å². The lowest BCUT2D eigenvalue weighted by atomic mass is 9.87. The maximum absolute atomic E-state index is 3.96. The van der Waals surface area contributed by atoms with E-state index in [0.29, 0.717) is 0 Å². The van der Waals surface area contributed by atoms with E-state index in [-0.39, 0.29) is 0 Å². The van der Waals surface area contributed by atoms with Crippen LogP contribution in [0.2, 0.25) is 0 Å². The predicted molar refractivity (Wildman–Crippen MR) is 133 cm³/mol. The first kappa shape index (κ1) is 18.1. The first-order chi connectivity index (χ1) is 14.8. The van der Waals surface area contributed by atoms with Crippen molar-refractivity contribution < 1.29 is 0 Å². The molecule has 142 valence electrons. The molecule has 0 heterocycles. The molecule has 5 aromatic carbocycles. The zero-order chi connectivity index (χ0) is 20.5. The molecule has 0 radical (unpaired) electrons. The lowest BCUT2D eigenvalue weighted by Gasteiger charge is -2.16. The third-order valence-corrected chi connectivity index (χ3v) is 5.77. The molecule has 5 aromatic rings. The fourth-order valence-corrected chi connectivity index (χ4v) is 4.29. The van der Waals surface area contributed by atoms with Gasteiger partial charge in [0.15, 0.2) is 0 Å². The van der Waals surface area contributed by atoms with E-state index in [1.165, 1.54) is 43.8 Å². The van der Waals surface area contributed by atoms with Crippen LogP contribution in [0.4, 0.5) is 0 Å². The molecular weight excluding hydrogens is 360 g/mol. The van der Waals surface area contributed by atoms with Crippen LogP contribution in [0.3, 0.4) is 0 Å². The van der Waals surface area contributed by atoms with Gasteiger partial charge in [0.2, 0.25) is 0 Å². The molecule has 0 saturated carbocycles. The fraction of sp³-hybridized carbons (Fsp3) is 0. The summed E-state index contributed by atoms with van der Waals surface area (Å²) >= 11 is 0. The molecule has 30 heavy (non-hydrogen) atoms. The summed E-state index contributed by atoms with van der Waals surface area (Å²) < 4.78 is 0. The number of benzene rings is 5. The standard InChI is InChI=1S/C30H22/c1-3-21-9-7-12-24(19-21)27-17-18-28-26-14-6-5-11-23(26)15-16-29(28)30(27)25-13-8-10-22(4-2)20-25/h3-20H,1-2H2. The second kappa shape index (κ2) is 7.50. The molecule has 0 bridgehead atoms. The topological polar surface area (TPSA) is 0 Å². The number of fused-ring (bicyclic) bond motifs is 3. The van der Waals surface area contributed by atoms with Gasteiger partial charge in [0.1, 0.15) is 0 Å². The molecule has 5 rings (SSSR count). The minimum absolute atomic E-state index is 1.12. The zero-order valence-corrected chi connectivity index (χ0v) is 16.8. The average molecular weight is 383 g/mol. The number of hydrogen-bond acceptors (Lipinski definition) is 0. The summed E-state index contributed by atoms with van der Waals surface area (Å²) in [4.78, 5) is 0. The van der Waals surface area contributed by atoms with Crippen molar-refractivity contribution in [3.63, 3.8) is 0 Å². The molecule has 0 unspecified atom stereocenters. The molecule has 0 saturated heterocycles. The van der Waals surface area contributed by atoms with Crippen LogP contribution >= 0.6 is 0 Å². The average Bonchev–Trinajstić information content (AvgIpc) is 2.83. The zero-order valence-electron chi connectivity index (χ0n) is 16.8. The summed E-state index contributed by atoms with van der Waals surface area (Å²) in [6.07, 6.45) is 3.80. The van der Waals surface area contributed by atoms with Crippen LogP contribution in [-0.2, 0) is 0 Å². The Balaban J connectivity index is 1.90. The normalized spacial score (nSPS) is 10.9. The molecule has 0 spiro atoms. The minimum Gasteiger partial charge on any atom is -0.0985 e. The predicted octanol–water partition coefficient (Wildman–Crippen LogP) is 8.61. The first-order valence-corrected chi connectivity index (χ1v) is 10.2. The SMILES string of the molecule is C=Cc1cccc(-c2ccc3c(ccc4ccccc43)c2-c2cccc(C=C)c2)c1. The Labute approximate surface area is 177 Å². The third kappa shape index (κ3) is 3.03. The van der Waals surface area contributed by atoms with E-state index in [0.717, 1.165) is 11.1 Å². The Kier molecular flexibility index (Phi) is 4.53. The third-order valence-electron chi connectivity index (χ3n) is 5.77. The van der Waals surface area contributed by atoms with Crippen molar-refractivity contribution >= 4 is 33.7 Å². The highest BCUT2D eigenvalue weighted by Gasteiger charge is 2.14. The Bertz CT molecular complexity index is 1420. The highest BCUT2D eigenvalue weighted by Crippen LogP contribution is 2.40. The smallest absolute Gasteiger partial charge is 0.00264 e. The molecule has 0 amide bonds. The minimum atomic E-state index is 1.12. The first-order valence-electron chi connectivity index (χ1n) is 10.2. The van der Waals surface area contributed by atoms with Crippen molar-refractivity contribution in [2.45, 2.75) is 0 Å². The lowest BCUT2D eigenvalue weighted by molar-refractivity contribution is 1.59. The van der Waals surface area contributed by atoms with Gasteiger partial charge in [-0.15, -0.1) is 0 Å². The van der Waals surface area contributed by atoms with Gasteiger partial charge in [-0.25, -0.2) is 0 Å². The van der Waals surface area contributed by atoms with Gasteiger partial charge < -0.3 is 0 Å². The lowest BCUT2D eigenvalue weighted by Crippen LogP contribution is -1.90. The summed E-state index contributed by atoms with van der Waals surface area (Å²) in [7, 11) is 0. The summed E-state index contributed by atoms with van der Waals surface area (Å²) in [5, 5.41) is 5.08. The molecule has 0 aliphatic heterocycles. The molecule has 0 aliphatic rings. The van der Waals surface area contributed by atoms with E-state index in [1.54, 1.807) is 0 Å². The monoisotopic (exact) mass is 382 g/mol. The molecule has 0 heteroatoms. The van der Waals surface area contributed by atoms with Crippen LogP contribution in [-0.4, -0.2) is 0 Å². The van der Waals surface area contributed by atoms with Crippen molar-refractivity contribution in [1.82, 2.24) is 0 Å². The Morgan fingerprint density at radius 1 is 0.500 bits per heavy atom. The molecule has 0 fully saturated rings. The van der Waals surface area contributed by atoms with Crippen molar-refractivity contribution in [2.24, 2.45) is 0 Å². The summed E-state index contributed by atoms with van der Waals surface area (Å²) in [5.41, 5.74) is 7.12. The van der Waals surface area contributed by atoms with Crippen LogP contribution in [0.15, 0.2) is 110 Å². The Hall–Kier alpha value is -3.90. The summed E-state index contributed by atoms with van der Waals surface area (Å²) in [6.45, 7) is 7.90. The van der Waals surface area contributed by atoms with E-state index < -0.39 is 0 Å². The van der Waals surface area contributed by atoms with E-state index in [4.69, 9.17) is 0 Å². The van der Waals surface area contributed by atoms with Gasteiger partial charge in [-0.05, 0) is 67.1 Å². The van der Waals surface area contributed by atoms with E-state index >= 15 is 0 Å². The quantitative estimate of drug-likeness (QED) is 0.273. The highest BCUT2D eigenvalue weighted by molar-refractivity contribution is 6.15. The van der Waals surface area contributed by atoms with Crippen LogP contribution in [0, 0.1) is 0 Å². The number of hydrogen-bond donors (Lipinski definition) is 0. The van der Waals surface area contributed by atoms with Gasteiger partial charge in [0.05, 0.1) is 0 Å². The van der Waals surface area contributed by atoms with Gasteiger partial charge in [0, 0.05) is 0 Å². The second-order valence-electron chi connectivity index (χ2n) is 7.53. The van der Waals surface area contributed by atoms with Crippen molar-refractivity contribution in [1.29, 1.82) is 0 Å². The fourth-order valence-electron chi connectivity index (χ4n) is 4.29. The van der Waals surface area contributed by atoms with Crippen molar-refractivity contribution in [3.8, 4) is 22.3 Å². The largest absolute Gasteiger partial charge is 0.0985 e. The molecule has 0 N–H and O–H groups in total. The summed E-state index contributed by atoms with van der Waals surface area (Å²) in [5.74, 6) is 0. The van der Waals surface area contributed by atoms with Gasteiger partial charge >= 0.3 is 0 Å². The molecule has 0 aromatic heterocycles. The Morgan fingerprint density at radius 3 is 1.93 bits per heavy atom. The van der Waals surface area contributed by atoms with Crippen molar-refractivity contribution in [2.75, 3.05) is 0 Å². The van der Waals surface area contributed by atoms with Crippen LogP contribution in [0.25, 0.3) is 56.0 Å². The molecule has 0 aliphatic carbocycles. The summed E-state index contributed by atoms with van der Waals surface area (Å²) in [6, 6.07) is 34.8. The van der Waals surface area contributed by atoms with Crippen LogP contribution in [0.1, 0.15) is 11.1 Å². The van der Waals surface area contributed by atoms with Crippen LogP contribution in [0.5, 0.6) is 0 Å². The molecular formula is C30H22. The van der Waals surface area contributed by atoms with Gasteiger partial charge in [-0.2, -0.15) is 0 Å². The van der Waals surface area contributed by atoms with E-state index in [2.05, 4.69) is 110 Å². The van der Waals surface area contributed by atoms with E-state index in [9.17, 15) is 0 Å². The second-order valence-corrected chi connectivity index (χ2v) is 7.53. The van der Waals surface area contributed by atoms with Gasteiger partial charge in [0.25, 0.3) is 0 Å². The maximum Gasteiger partial charge on any atom is -0.00264 e. The highest BCUT2D eigenvalue weighted by atomic mass is 14.2. The molecule has 0 atom stereocenters. The van der Waals surface area contributed by atoms with E-state index in [1.807, 2.05) is 12.2 Å². The molecule has 0 nitrogen and oxygen atoms in total. The number of rotatable bonds is 4. The van der Waals surface area contributed by atoms with Crippen LogP contribution < -0.4 is 0 Å². The Morgan fingerprint density at radius 2 is 1.17 bits per heavy atom. The van der Waals surface area contributed by atoms with Gasteiger partial charge in [-0.1, -0.05) is 110 Å².